The first kappa shape index (κ1) is 20.0. The van der Waals surface area contributed by atoms with Crippen molar-refractivity contribution in [3.63, 3.8) is 0 Å². The highest BCUT2D eigenvalue weighted by molar-refractivity contribution is 5.96. The number of hydrogen-bond donors (Lipinski definition) is 3. The smallest absolute Gasteiger partial charge is 0.252 e. The van der Waals surface area contributed by atoms with Crippen LogP contribution in [0.4, 0.5) is 0 Å². The minimum absolute atomic E-state index is 0.0103. The van der Waals surface area contributed by atoms with E-state index in [1.54, 1.807) is 4.68 Å². The van der Waals surface area contributed by atoms with Crippen molar-refractivity contribution < 1.29 is 9.59 Å². The van der Waals surface area contributed by atoms with Crippen LogP contribution in [-0.2, 0) is 10.3 Å². The highest BCUT2D eigenvalue weighted by Crippen LogP contribution is 2.23. The second kappa shape index (κ2) is 8.10. The van der Waals surface area contributed by atoms with Crippen LogP contribution in [0.3, 0.4) is 0 Å². The van der Waals surface area contributed by atoms with Gasteiger partial charge in [0, 0.05) is 18.7 Å². The standard InChI is InChI=1S/C20H28N6O2/c1-5-21-19(28)16-10-14(11-22-16)26-12-17(24-25-26)20(3,4)23-18(27)15-9-7-6-8-13(15)2/h6-9,12,14,16,22H,5,10-11H2,1-4H3,(H,21,28)(H,23,27)/t14-,16-/m0/s1. The van der Waals surface area contributed by atoms with E-state index in [-0.39, 0.29) is 23.9 Å². The molecule has 2 aromatic rings. The monoisotopic (exact) mass is 384 g/mol. The summed E-state index contributed by atoms with van der Waals surface area (Å²) in [6.45, 7) is 8.89. The van der Waals surface area contributed by atoms with Crippen molar-refractivity contribution in [2.75, 3.05) is 13.1 Å². The predicted molar refractivity (Wildman–Crippen MR) is 106 cm³/mol. The van der Waals surface area contributed by atoms with E-state index >= 15 is 0 Å². The van der Waals surface area contributed by atoms with Crippen LogP contribution in [0.1, 0.15) is 54.8 Å². The number of aromatic nitrogens is 3. The molecule has 1 aliphatic heterocycles. The van der Waals surface area contributed by atoms with Crippen molar-refractivity contribution in [3.05, 3.63) is 47.3 Å². The molecule has 0 unspecified atom stereocenters. The summed E-state index contributed by atoms with van der Waals surface area (Å²) >= 11 is 0. The van der Waals surface area contributed by atoms with Gasteiger partial charge in [-0.1, -0.05) is 23.4 Å². The normalized spacial score (nSPS) is 19.4. The Morgan fingerprint density at radius 3 is 2.79 bits per heavy atom. The molecule has 8 nitrogen and oxygen atoms in total. The van der Waals surface area contributed by atoms with E-state index in [4.69, 9.17) is 0 Å². The average molecular weight is 384 g/mol. The van der Waals surface area contributed by atoms with Gasteiger partial charge in [0.1, 0.15) is 5.69 Å². The summed E-state index contributed by atoms with van der Waals surface area (Å²) in [6, 6.07) is 7.32. The van der Waals surface area contributed by atoms with Crippen molar-refractivity contribution in [1.29, 1.82) is 0 Å². The lowest BCUT2D eigenvalue weighted by Gasteiger charge is -2.24. The van der Waals surface area contributed by atoms with Crippen LogP contribution in [0.2, 0.25) is 0 Å². The zero-order chi connectivity index (χ0) is 20.3. The van der Waals surface area contributed by atoms with Crippen molar-refractivity contribution in [2.45, 2.75) is 51.7 Å². The molecule has 1 fully saturated rings. The van der Waals surface area contributed by atoms with Crippen molar-refractivity contribution in [1.82, 2.24) is 30.9 Å². The maximum atomic E-state index is 12.7. The predicted octanol–water partition coefficient (Wildman–Crippen LogP) is 1.29. The Kier molecular flexibility index (Phi) is 5.79. The lowest BCUT2D eigenvalue weighted by atomic mass is 9.99. The van der Waals surface area contributed by atoms with Crippen LogP contribution >= 0.6 is 0 Å². The molecule has 1 aromatic heterocycles. The number of amides is 2. The molecular formula is C20H28N6O2. The molecule has 28 heavy (non-hydrogen) atoms. The van der Waals surface area contributed by atoms with E-state index in [9.17, 15) is 9.59 Å². The molecule has 1 aromatic carbocycles. The number of nitrogens with zero attached hydrogens (tertiary/aromatic N) is 3. The molecule has 3 rings (SSSR count). The first-order valence-corrected chi connectivity index (χ1v) is 9.63. The third-order valence-electron chi connectivity index (χ3n) is 5.12. The summed E-state index contributed by atoms with van der Waals surface area (Å²) < 4.78 is 1.78. The highest BCUT2D eigenvalue weighted by atomic mass is 16.2. The molecule has 8 heteroatoms. The number of aryl methyl sites for hydroxylation is 1. The molecule has 0 bridgehead atoms. The van der Waals surface area contributed by atoms with E-state index in [0.717, 1.165) is 5.56 Å². The van der Waals surface area contributed by atoms with Gasteiger partial charge in [0.15, 0.2) is 0 Å². The van der Waals surface area contributed by atoms with E-state index in [1.807, 2.05) is 58.2 Å². The van der Waals surface area contributed by atoms with Gasteiger partial charge in [0.25, 0.3) is 5.91 Å². The Morgan fingerprint density at radius 1 is 1.32 bits per heavy atom. The first-order chi connectivity index (χ1) is 13.3. The molecule has 0 aliphatic carbocycles. The molecule has 0 spiro atoms. The number of likely N-dealkylation sites (N-methyl/N-ethyl adjacent to an activating group) is 1. The Bertz CT molecular complexity index is 860. The molecule has 150 valence electrons. The maximum Gasteiger partial charge on any atom is 0.252 e. The Labute approximate surface area is 165 Å². The average Bonchev–Trinajstić information content (AvgIpc) is 3.31. The Hall–Kier alpha value is -2.74. The van der Waals surface area contributed by atoms with Gasteiger partial charge >= 0.3 is 0 Å². The first-order valence-electron chi connectivity index (χ1n) is 9.63. The number of rotatable bonds is 6. The molecule has 0 radical (unpaired) electrons. The largest absolute Gasteiger partial charge is 0.355 e. The second-order valence-corrected chi connectivity index (χ2v) is 7.72. The molecular weight excluding hydrogens is 356 g/mol. The van der Waals surface area contributed by atoms with Gasteiger partial charge in [-0.05, 0) is 45.7 Å². The molecule has 2 heterocycles. The zero-order valence-electron chi connectivity index (χ0n) is 16.8. The molecule has 3 N–H and O–H groups in total. The summed E-state index contributed by atoms with van der Waals surface area (Å²) in [5, 5.41) is 17.6. The van der Waals surface area contributed by atoms with Gasteiger partial charge in [0.2, 0.25) is 5.91 Å². The lowest BCUT2D eigenvalue weighted by molar-refractivity contribution is -0.122. The summed E-state index contributed by atoms with van der Waals surface area (Å²) in [4.78, 5) is 24.7. The van der Waals surface area contributed by atoms with Crippen molar-refractivity contribution in [2.24, 2.45) is 0 Å². The van der Waals surface area contributed by atoms with Gasteiger partial charge in [-0.15, -0.1) is 5.10 Å². The summed E-state index contributed by atoms with van der Waals surface area (Å²) in [5.41, 5.74) is 1.57. The fraction of sp³-hybridized carbons (Fsp3) is 0.500. The zero-order valence-corrected chi connectivity index (χ0v) is 16.8. The summed E-state index contributed by atoms with van der Waals surface area (Å²) in [7, 11) is 0. The quantitative estimate of drug-likeness (QED) is 0.697. The van der Waals surface area contributed by atoms with Crippen LogP contribution in [0, 0.1) is 6.92 Å². The van der Waals surface area contributed by atoms with Crippen LogP contribution in [0.5, 0.6) is 0 Å². The third kappa shape index (κ3) is 4.22. The van der Waals surface area contributed by atoms with Gasteiger partial charge in [-0.2, -0.15) is 0 Å². The van der Waals surface area contributed by atoms with Gasteiger partial charge in [-0.25, -0.2) is 4.68 Å². The molecule has 2 atom stereocenters. The van der Waals surface area contributed by atoms with Crippen molar-refractivity contribution in [3.8, 4) is 0 Å². The van der Waals surface area contributed by atoms with Gasteiger partial charge in [0.05, 0.1) is 23.8 Å². The Morgan fingerprint density at radius 2 is 2.07 bits per heavy atom. The minimum atomic E-state index is -0.678. The van der Waals surface area contributed by atoms with Gasteiger partial charge in [-0.3, -0.25) is 9.59 Å². The van der Waals surface area contributed by atoms with Crippen LogP contribution in [0.25, 0.3) is 0 Å². The SMILES string of the molecule is CCNC(=O)[C@@H]1C[C@H](n2cc(C(C)(C)NC(=O)c3ccccc3C)nn2)CN1. The lowest BCUT2D eigenvalue weighted by Crippen LogP contribution is -2.41. The maximum absolute atomic E-state index is 12.7. The number of carbonyl (C=O) groups excluding carboxylic acids is 2. The second-order valence-electron chi connectivity index (χ2n) is 7.72. The minimum Gasteiger partial charge on any atom is -0.355 e. The van der Waals surface area contributed by atoms with E-state index in [0.29, 0.717) is 30.8 Å². The Balaban J connectivity index is 1.68. The van der Waals surface area contributed by atoms with Crippen LogP contribution in [-0.4, -0.2) is 45.9 Å². The number of benzene rings is 1. The molecule has 0 saturated carbocycles. The van der Waals surface area contributed by atoms with Crippen LogP contribution < -0.4 is 16.0 Å². The third-order valence-corrected chi connectivity index (χ3v) is 5.12. The summed E-state index contributed by atoms with van der Waals surface area (Å²) in [5.74, 6) is -0.132. The molecule has 1 aliphatic rings. The van der Waals surface area contributed by atoms with Crippen molar-refractivity contribution >= 4 is 11.8 Å². The topological polar surface area (TPSA) is 101 Å². The van der Waals surface area contributed by atoms with E-state index in [1.165, 1.54) is 0 Å². The molecule has 2 amide bonds. The molecule has 1 saturated heterocycles. The number of hydrogen-bond acceptors (Lipinski definition) is 5. The fourth-order valence-corrected chi connectivity index (χ4v) is 3.40. The highest BCUT2D eigenvalue weighted by Gasteiger charge is 2.33. The summed E-state index contributed by atoms with van der Waals surface area (Å²) in [6.07, 6.45) is 2.51. The van der Waals surface area contributed by atoms with Crippen LogP contribution in [0.15, 0.2) is 30.5 Å². The number of carbonyl (C=O) groups is 2. The van der Waals surface area contributed by atoms with E-state index < -0.39 is 5.54 Å². The van der Waals surface area contributed by atoms with E-state index in [2.05, 4.69) is 26.3 Å². The number of nitrogens with one attached hydrogen (secondary N) is 3. The van der Waals surface area contributed by atoms with Gasteiger partial charge < -0.3 is 16.0 Å². The fourth-order valence-electron chi connectivity index (χ4n) is 3.40.